The molecule has 2 aliphatic rings. The lowest BCUT2D eigenvalue weighted by atomic mass is 10.00. The van der Waals surface area contributed by atoms with Crippen molar-refractivity contribution in [1.29, 1.82) is 0 Å². The van der Waals surface area contributed by atoms with Gasteiger partial charge in [-0.2, -0.15) is 0 Å². The molecule has 1 nitrogen and oxygen atoms in total. The van der Waals surface area contributed by atoms with Gasteiger partial charge < -0.3 is 0 Å². The Balaban J connectivity index is 2.10. The summed E-state index contributed by atoms with van der Waals surface area (Å²) in [4.78, 5) is 0. The second-order valence-electron chi connectivity index (χ2n) is 3.59. The van der Waals surface area contributed by atoms with Crippen molar-refractivity contribution < 1.29 is 0 Å². The van der Waals surface area contributed by atoms with Crippen LogP contribution in [0.1, 0.15) is 13.3 Å². The Hall–Kier alpha value is 0.130. The van der Waals surface area contributed by atoms with Crippen molar-refractivity contribution in [3.05, 3.63) is 11.6 Å². The molecule has 10 heavy (non-hydrogen) atoms. The number of rotatable bonds is 0. The van der Waals surface area contributed by atoms with Gasteiger partial charge >= 0.3 is 0 Å². The lowest BCUT2D eigenvalue weighted by Gasteiger charge is -2.06. The van der Waals surface area contributed by atoms with E-state index in [1.54, 1.807) is 5.57 Å². The molecule has 3 atom stereocenters. The summed E-state index contributed by atoms with van der Waals surface area (Å²) in [7, 11) is 2.80. The molecular weight excluding hydrogens is 141 g/mol. The summed E-state index contributed by atoms with van der Waals surface area (Å²) >= 11 is 0. The molecule has 2 heteroatoms. The maximum atomic E-state index is 2.80. The molecule has 0 spiro atoms. The monoisotopic (exact) mass is 155 g/mol. The highest BCUT2D eigenvalue weighted by molar-refractivity contribution is 7.13. The summed E-state index contributed by atoms with van der Waals surface area (Å²) < 4.78 is 2.36. The molecule has 1 fully saturated rings. The summed E-state index contributed by atoms with van der Waals surface area (Å²) in [5.74, 6) is 1.81. The van der Waals surface area contributed by atoms with Crippen LogP contribution in [0.5, 0.6) is 0 Å². The molecule has 0 N–H and O–H groups in total. The molecule has 0 aromatic heterocycles. The Labute approximate surface area is 64.7 Å². The van der Waals surface area contributed by atoms with E-state index in [-0.39, 0.29) is 0 Å². The van der Waals surface area contributed by atoms with E-state index in [9.17, 15) is 0 Å². The van der Waals surface area contributed by atoms with Crippen LogP contribution in [0.15, 0.2) is 11.6 Å². The maximum Gasteiger partial charge on any atom is 0.00827 e. The third-order valence-electron chi connectivity index (χ3n) is 2.60. The molecule has 2 rings (SSSR count). The molecule has 0 radical (unpaired) electrons. The van der Waals surface area contributed by atoms with E-state index in [0.29, 0.717) is 0 Å². The number of allylic oxidation sites excluding steroid dienone is 1. The SMILES string of the molecule is CC1=CC2CN(P)CC2C1. The normalized spacial score (nSPS) is 40.0. The van der Waals surface area contributed by atoms with Crippen LogP contribution in [0.4, 0.5) is 0 Å². The summed E-state index contributed by atoms with van der Waals surface area (Å²) in [6, 6.07) is 0. The first-order valence-electron chi connectivity index (χ1n) is 3.92. The minimum absolute atomic E-state index is 0.873. The minimum atomic E-state index is 0.873. The molecule has 0 saturated carbocycles. The summed E-state index contributed by atoms with van der Waals surface area (Å²) in [5.41, 5.74) is 1.60. The van der Waals surface area contributed by atoms with E-state index in [1.807, 2.05) is 0 Å². The predicted octanol–water partition coefficient (Wildman–Crippen LogP) is 1.67. The molecular formula is C8H14NP. The van der Waals surface area contributed by atoms with E-state index in [1.165, 1.54) is 19.5 Å². The van der Waals surface area contributed by atoms with Gasteiger partial charge in [-0.05, 0) is 25.2 Å². The number of hydrogen-bond donors (Lipinski definition) is 0. The zero-order valence-electron chi connectivity index (χ0n) is 6.38. The molecule has 56 valence electrons. The Morgan fingerprint density at radius 1 is 1.60 bits per heavy atom. The molecule has 3 unspecified atom stereocenters. The molecule has 0 aromatic carbocycles. The van der Waals surface area contributed by atoms with Crippen LogP contribution >= 0.6 is 9.39 Å². The second-order valence-corrected chi connectivity index (χ2v) is 4.33. The first-order valence-corrected chi connectivity index (χ1v) is 4.44. The molecule has 1 saturated heterocycles. The zero-order chi connectivity index (χ0) is 7.14. The standard InChI is InChI=1S/C8H14NP/c1-6-2-7-4-9(10)5-8(7)3-6/h2,7-8H,3-5,10H2,1H3. The molecule has 0 bridgehead atoms. The van der Waals surface area contributed by atoms with Crippen LogP contribution < -0.4 is 0 Å². The van der Waals surface area contributed by atoms with Gasteiger partial charge in [0.1, 0.15) is 0 Å². The van der Waals surface area contributed by atoms with Gasteiger partial charge in [0.2, 0.25) is 0 Å². The first-order chi connectivity index (χ1) is 4.75. The lowest BCUT2D eigenvalue weighted by Crippen LogP contribution is -2.06. The fraction of sp³-hybridized carbons (Fsp3) is 0.750. The van der Waals surface area contributed by atoms with E-state index in [4.69, 9.17) is 0 Å². The molecule has 1 aliphatic carbocycles. The van der Waals surface area contributed by atoms with Gasteiger partial charge in [0.25, 0.3) is 0 Å². The van der Waals surface area contributed by atoms with Gasteiger partial charge in [-0.1, -0.05) is 21.0 Å². The van der Waals surface area contributed by atoms with Gasteiger partial charge in [0, 0.05) is 13.1 Å². The van der Waals surface area contributed by atoms with Crippen molar-refractivity contribution in [2.45, 2.75) is 13.3 Å². The lowest BCUT2D eigenvalue weighted by molar-refractivity contribution is 0.512. The zero-order valence-corrected chi connectivity index (χ0v) is 7.53. The topological polar surface area (TPSA) is 3.24 Å². The number of hydrogen-bond acceptors (Lipinski definition) is 1. The van der Waals surface area contributed by atoms with Crippen LogP contribution in [0.3, 0.4) is 0 Å². The summed E-state index contributed by atoms with van der Waals surface area (Å²) in [5, 5.41) is 0. The number of nitrogens with zero attached hydrogens (tertiary/aromatic N) is 1. The van der Waals surface area contributed by atoms with E-state index in [2.05, 4.69) is 27.1 Å². The number of fused-ring (bicyclic) bond motifs is 1. The Bertz CT molecular complexity index is 176. The van der Waals surface area contributed by atoms with Crippen LogP contribution in [-0.4, -0.2) is 17.8 Å². The van der Waals surface area contributed by atoms with Gasteiger partial charge in [-0.25, -0.2) is 0 Å². The molecule has 0 aromatic rings. The second kappa shape index (κ2) is 2.32. The predicted molar refractivity (Wildman–Crippen MR) is 46.6 cm³/mol. The molecule has 1 heterocycles. The first kappa shape index (κ1) is 6.82. The molecule has 0 amide bonds. The highest BCUT2D eigenvalue weighted by Crippen LogP contribution is 2.37. The van der Waals surface area contributed by atoms with Crippen molar-refractivity contribution >= 4 is 9.39 Å². The Morgan fingerprint density at radius 3 is 3.10 bits per heavy atom. The minimum Gasteiger partial charge on any atom is -0.286 e. The van der Waals surface area contributed by atoms with Crippen LogP contribution in [0, 0.1) is 11.8 Å². The fourth-order valence-corrected chi connectivity index (χ4v) is 2.70. The largest absolute Gasteiger partial charge is 0.286 e. The van der Waals surface area contributed by atoms with E-state index in [0.717, 1.165) is 11.8 Å². The van der Waals surface area contributed by atoms with Crippen molar-refractivity contribution in [2.75, 3.05) is 13.1 Å². The van der Waals surface area contributed by atoms with Crippen molar-refractivity contribution in [1.82, 2.24) is 4.67 Å². The Kier molecular flexibility index (Phi) is 1.58. The highest BCUT2D eigenvalue weighted by atomic mass is 31.0. The van der Waals surface area contributed by atoms with Gasteiger partial charge in [-0.3, -0.25) is 4.67 Å². The summed E-state index contributed by atoms with van der Waals surface area (Å²) in [6.07, 6.45) is 3.80. The van der Waals surface area contributed by atoms with Crippen molar-refractivity contribution in [3.8, 4) is 0 Å². The van der Waals surface area contributed by atoms with Crippen LogP contribution in [0.25, 0.3) is 0 Å². The summed E-state index contributed by atoms with van der Waals surface area (Å²) in [6.45, 7) is 4.79. The van der Waals surface area contributed by atoms with E-state index >= 15 is 0 Å². The maximum absolute atomic E-state index is 2.80. The van der Waals surface area contributed by atoms with Crippen LogP contribution in [-0.2, 0) is 0 Å². The smallest absolute Gasteiger partial charge is 0.00827 e. The molecule has 1 aliphatic heterocycles. The van der Waals surface area contributed by atoms with Gasteiger partial charge in [-0.15, -0.1) is 0 Å². The quantitative estimate of drug-likeness (QED) is 0.380. The third-order valence-corrected chi connectivity index (χ3v) is 3.02. The van der Waals surface area contributed by atoms with Gasteiger partial charge in [0.05, 0.1) is 0 Å². The van der Waals surface area contributed by atoms with Gasteiger partial charge in [0.15, 0.2) is 0 Å². The van der Waals surface area contributed by atoms with E-state index < -0.39 is 0 Å². The average molecular weight is 155 g/mol. The van der Waals surface area contributed by atoms with Crippen LogP contribution in [0.2, 0.25) is 0 Å². The Morgan fingerprint density at radius 2 is 2.40 bits per heavy atom. The van der Waals surface area contributed by atoms with Crippen molar-refractivity contribution in [2.24, 2.45) is 11.8 Å². The average Bonchev–Trinajstić information content (AvgIpc) is 2.21. The fourth-order valence-electron chi connectivity index (χ4n) is 2.18. The van der Waals surface area contributed by atoms with Crippen molar-refractivity contribution in [3.63, 3.8) is 0 Å². The third kappa shape index (κ3) is 1.02. The highest BCUT2D eigenvalue weighted by Gasteiger charge is 2.32.